The predicted molar refractivity (Wildman–Crippen MR) is 90.3 cm³/mol. The lowest BCUT2D eigenvalue weighted by molar-refractivity contribution is -0.298. The van der Waals surface area contributed by atoms with Gasteiger partial charge in [0.05, 0.1) is 5.97 Å². The van der Waals surface area contributed by atoms with Crippen LogP contribution in [0.2, 0.25) is 0 Å². The van der Waals surface area contributed by atoms with E-state index in [0.29, 0.717) is 10.2 Å². The van der Waals surface area contributed by atoms with Gasteiger partial charge in [0.2, 0.25) is 11.7 Å². The summed E-state index contributed by atoms with van der Waals surface area (Å²) in [4.78, 5) is 23.6. The highest BCUT2D eigenvalue weighted by molar-refractivity contribution is 9.10. The van der Waals surface area contributed by atoms with Crippen LogP contribution in [0.15, 0.2) is 70.2 Å². The van der Waals surface area contributed by atoms with E-state index in [1.165, 1.54) is 12.1 Å². The van der Waals surface area contributed by atoms with Crippen molar-refractivity contribution in [3.63, 3.8) is 0 Å². The molecule has 1 N–H and O–H groups in total. The lowest BCUT2D eigenvalue weighted by Gasteiger charge is -2.09. The fourth-order valence-electron chi connectivity index (χ4n) is 2.21. The fourth-order valence-corrected chi connectivity index (χ4v) is 2.55. The number of allylic oxidation sites excluding steroid dienone is 1. The van der Waals surface area contributed by atoms with Crippen LogP contribution in [0.5, 0.6) is 0 Å². The van der Waals surface area contributed by atoms with Crippen molar-refractivity contribution < 1.29 is 23.8 Å². The average molecular weight is 403 g/mol. The van der Waals surface area contributed by atoms with E-state index in [2.05, 4.69) is 21.2 Å². The first kappa shape index (κ1) is 16.9. The molecule has 0 bridgehead atoms. The molecule has 0 aromatic heterocycles. The van der Waals surface area contributed by atoms with Gasteiger partial charge in [-0.2, -0.15) is 0 Å². The van der Waals surface area contributed by atoms with Crippen LogP contribution in [0.1, 0.15) is 5.56 Å². The summed E-state index contributed by atoms with van der Waals surface area (Å²) in [5.74, 6) is -3.72. The third-order valence-corrected chi connectivity index (χ3v) is 3.87. The monoisotopic (exact) mass is 402 g/mol. The fraction of sp³-hybridized carbons (Fsp3) is 0. The van der Waals surface area contributed by atoms with Crippen LogP contribution in [0.25, 0.3) is 6.08 Å². The minimum Gasteiger partial charge on any atom is -0.544 e. The molecule has 25 heavy (non-hydrogen) atoms. The average Bonchev–Trinajstić information content (AvgIpc) is 2.86. The summed E-state index contributed by atoms with van der Waals surface area (Å²) in [6.07, 6.45) is 1.15. The van der Waals surface area contributed by atoms with E-state index in [0.717, 1.165) is 6.08 Å². The SMILES string of the molecule is O=C([O-])C1=C(Nc2ccccc2)O/C(=C\c2ccc(Br)cc2F)C1=O. The number of Topliss-reactive ketones (excluding diaryl/α,β-unsaturated/α-hetero) is 1. The van der Waals surface area contributed by atoms with Crippen LogP contribution >= 0.6 is 15.9 Å². The van der Waals surface area contributed by atoms with E-state index in [9.17, 15) is 19.1 Å². The standard InChI is InChI=1S/C18H11BrFNO4/c19-11-7-6-10(13(20)9-11)8-14-16(22)15(18(23)24)17(25-14)21-12-4-2-1-3-5-12/h1-9,21H,(H,23,24)/p-1/b14-8-. The molecule has 0 radical (unpaired) electrons. The normalized spacial score (nSPS) is 15.4. The number of para-hydroxylation sites is 1. The smallest absolute Gasteiger partial charge is 0.235 e. The van der Waals surface area contributed by atoms with Gasteiger partial charge in [0.15, 0.2) is 5.76 Å². The van der Waals surface area contributed by atoms with E-state index < -0.39 is 23.1 Å². The number of hydrogen-bond donors (Lipinski definition) is 1. The van der Waals surface area contributed by atoms with E-state index >= 15 is 0 Å². The molecule has 7 heteroatoms. The maximum absolute atomic E-state index is 13.9. The van der Waals surface area contributed by atoms with Crippen molar-refractivity contribution in [1.29, 1.82) is 0 Å². The second kappa shape index (κ2) is 6.90. The molecule has 0 spiro atoms. The zero-order valence-corrected chi connectivity index (χ0v) is 14.2. The highest BCUT2D eigenvalue weighted by Crippen LogP contribution is 2.28. The molecule has 5 nitrogen and oxygen atoms in total. The highest BCUT2D eigenvalue weighted by atomic mass is 79.9. The minimum atomic E-state index is -1.68. The number of nitrogens with one attached hydrogen (secondary N) is 1. The zero-order chi connectivity index (χ0) is 18.0. The Balaban J connectivity index is 1.95. The molecule has 0 unspecified atom stereocenters. The van der Waals surface area contributed by atoms with Gasteiger partial charge in [-0.25, -0.2) is 4.39 Å². The van der Waals surface area contributed by atoms with Crippen LogP contribution in [0.4, 0.5) is 10.1 Å². The predicted octanol–water partition coefficient (Wildman–Crippen LogP) is 2.60. The number of aliphatic carboxylic acids is 1. The van der Waals surface area contributed by atoms with Gasteiger partial charge >= 0.3 is 0 Å². The van der Waals surface area contributed by atoms with Crippen LogP contribution in [-0.4, -0.2) is 11.8 Å². The van der Waals surface area contributed by atoms with Crippen molar-refractivity contribution in [2.24, 2.45) is 0 Å². The number of carbonyl (C=O) groups is 2. The first-order valence-corrected chi connectivity index (χ1v) is 7.92. The molecule has 2 aromatic carbocycles. The summed E-state index contributed by atoms with van der Waals surface area (Å²) in [5, 5.41) is 14.0. The van der Waals surface area contributed by atoms with Gasteiger partial charge in [0.1, 0.15) is 11.4 Å². The van der Waals surface area contributed by atoms with Crippen molar-refractivity contribution in [3.05, 3.63) is 81.6 Å². The summed E-state index contributed by atoms with van der Waals surface area (Å²) in [5.41, 5.74) is -0.0297. The number of halogens is 2. The number of benzene rings is 2. The van der Waals surface area contributed by atoms with Gasteiger partial charge in [0.25, 0.3) is 0 Å². The molecule has 0 amide bonds. The number of carbonyl (C=O) groups excluding carboxylic acids is 2. The van der Waals surface area contributed by atoms with Gasteiger partial charge in [0, 0.05) is 15.7 Å². The number of hydrogen-bond acceptors (Lipinski definition) is 5. The highest BCUT2D eigenvalue weighted by Gasteiger charge is 2.32. The quantitative estimate of drug-likeness (QED) is 0.628. The van der Waals surface area contributed by atoms with E-state index in [1.54, 1.807) is 36.4 Å². The van der Waals surface area contributed by atoms with Gasteiger partial charge < -0.3 is 20.0 Å². The Morgan fingerprint density at radius 2 is 1.92 bits per heavy atom. The molecule has 0 aliphatic carbocycles. The molecule has 3 rings (SSSR count). The summed E-state index contributed by atoms with van der Waals surface area (Å²) in [6.45, 7) is 0. The number of ether oxygens (including phenoxy) is 1. The summed E-state index contributed by atoms with van der Waals surface area (Å²) in [6, 6.07) is 12.8. The molecule has 0 saturated carbocycles. The second-order valence-corrected chi connectivity index (χ2v) is 6.00. The largest absolute Gasteiger partial charge is 0.544 e. The first-order valence-electron chi connectivity index (χ1n) is 7.12. The zero-order valence-electron chi connectivity index (χ0n) is 12.6. The van der Waals surface area contributed by atoms with E-state index in [4.69, 9.17) is 4.74 Å². The Labute approximate surface area is 150 Å². The summed E-state index contributed by atoms with van der Waals surface area (Å²) < 4.78 is 19.8. The molecular weight excluding hydrogens is 393 g/mol. The minimum absolute atomic E-state index is 0.0882. The van der Waals surface area contributed by atoms with Gasteiger partial charge in [-0.1, -0.05) is 40.2 Å². The first-order chi connectivity index (χ1) is 12.0. The molecule has 1 aliphatic heterocycles. The summed E-state index contributed by atoms with van der Waals surface area (Å²) >= 11 is 3.13. The Morgan fingerprint density at radius 1 is 1.20 bits per heavy atom. The maximum Gasteiger partial charge on any atom is 0.235 e. The molecule has 0 saturated heterocycles. The summed E-state index contributed by atoms with van der Waals surface area (Å²) in [7, 11) is 0. The maximum atomic E-state index is 13.9. The van der Waals surface area contributed by atoms with Gasteiger partial charge in [-0.3, -0.25) is 4.79 Å². The van der Waals surface area contributed by atoms with Crippen LogP contribution < -0.4 is 10.4 Å². The molecule has 1 aliphatic rings. The topological polar surface area (TPSA) is 78.5 Å². The molecule has 2 aromatic rings. The van der Waals surface area contributed by atoms with Crippen molar-refractivity contribution >= 4 is 39.4 Å². The third kappa shape index (κ3) is 3.61. The van der Waals surface area contributed by atoms with Crippen LogP contribution in [0.3, 0.4) is 0 Å². The number of rotatable bonds is 4. The number of carboxylic acid groups (broad SMARTS) is 1. The Bertz CT molecular complexity index is 922. The molecule has 0 atom stereocenters. The molecular formula is C18H10BrFNO4-. The lowest BCUT2D eigenvalue weighted by Crippen LogP contribution is -2.28. The second-order valence-electron chi connectivity index (χ2n) is 5.09. The Morgan fingerprint density at radius 3 is 2.56 bits per heavy atom. The Hall–Kier alpha value is -2.93. The molecule has 126 valence electrons. The van der Waals surface area contributed by atoms with Crippen LogP contribution in [0, 0.1) is 5.82 Å². The van der Waals surface area contributed by atoms with Gasteiger partial charge in [-0.05, 0) is 30.3 Å². The lowest BCUT2D eigenvalue weighted by atomic mass is 10.1. The van der Waals surface area contributed by atoms with Crippen molar-refractivity contribution in [2.75, 3.05) is 5.32 Å². The van der Waals surface area contributed by atoms with E-state index in [1.807, 2.05) is 0 Å². The van der Waals surface area contributed by atoms with Crippen molar-refractivity contribution in [2.45, 2.75) is 0 Å². The number of carboxylic acids is 1. The van der Waals surface area contributed by atoms with Crippen molar-refractivity contribution in [3.8, 4) is 0 Å². The van der Waals surface area contributed by atoms with Gasteiger partial charge in [-0.15, -0.1) is 0 Å². The molecule has 1 heterocycles. The van der Waals surface area contributed by atoms with E-state index in [-0.39, 0.29) is 17.2 Å². The Kier molecular flexibility index (Phi) is 4.67. The molecule has 0 fully saturated rings. The van der Waals surface area contributed by atoms with Crippen molar-refractivity contribution in [1.82, 2.24) is 0 Å². The van der Waals surface area contributed by atoms with Crippen LogP contribution in [-0.2, 0) is 14.3 Å². The third-order valence-electron chi connectivity index (χ3n) is 3.37. The number of anilines is 1. The number of ketones is 1.